The third-order valence-electron chi connectivity index (χ3n) is 2.36. The molecule has 0 saturated heterocycles. The highest BCUT2D eigenvalue weighted by atomic mass is 35.5. The standard InChI is InChI=1S/C10H8Cl2N2O2/c1-2-14-9(15)7-5(11)3-4-6(12)8(7)13-10(14)16/h3-4H,2H2,1H3,(H,13,16). The number of hydrogen-bond donors (Lipinski definition) is 1. The molecule has 1 aromatic heterocycles. The fourth-order valence-electron chi connectivity index (χ4n) is 1.57. The molecule has 0 saturated carbocycles. The number of aromatic nitrogens is 2. The number of halogens is 2. The molecular weight excluding hydrogens is 251 g/mol. The van der Waals surface area contributed by atoms with E-state index in [4.69, 9.17) is 23.2 Å². The van der Waals surface area contributed by atoms with Crippen molar-refractivity contribution < 1.29 is 0 Å². The molecule has 1 N–H and O–H groups in total. The molecule has 0 aliphatic carbocycles. The van der Waals surface area contributed by atoms with E-state index in [0.717, 1.165) is 4.57 Å². The summed E-state index contributed by atoms with van der Waals surface area (Å²) in [6, 6.07) is 3.07. The van der Waals surface area contributed by atoms with E-state index in [-0.39, 0.29) is 22.5 Å². The zero-order valence-corrected chi connectivity index (χ0v) is 9.89. The number of nitrogens with one attached hydrogen (secondary N) is 1. The first-order valence-electron chi connectivity index (χ1n) is 4.67. The van der Waals surface area contributed by atoms with Crippen molar-refractivity contribution in [2.45, 2.75) is 13.5 Å². The molecule has 2 aromatic rings. The zero-order chi connectivity index (χ0) is 11.9. The molecule has 0 spiro atoms. The van der Waals surface area contributed by atoms with Gasteiger partial charge in [-0.25, -0.2) is 4.79 Å². The van der Waals surface area contributed by atoms with Crippen molar-refractivity contribution >= 4 is 34.1 Å². The molecule has 0 aliphatic heterocycles. The lowest BCUT2D eigenvalue weighted by Crippen LogP contribution is -2.34. The van der Waals surface area contributed by atoms with Crippen LogP contribution in [0, 0.1) is 0 Å². The minimum atomic E-state index is -0.482. The molecule has 6 heteroatoms. The maximum atomic E-state index is 12.0. The average molecular weight is 259 g/mol. The predicted molar refractivity (Wildman–Crippen MR) is 64.5 cm³/mol. The molecule has 2 rings (SSSR count). The van der Waals surface area contributed by atoms with Crippen LogP contribution in [-0.2, 0) is 6.54 Å². The zero-order valence-electron chi connectivity index (χ0n) is 8.38. The van der Waals surface area contributed by atoms with Crippen molar-refractivity contribution in [3.8, 4) is 0 Å². The van der Waals surface area contributed by atoms with Crippen LogP contribution in [0.4, 0.5) is 0 Å². The molecule has 1 aromatic carbocycles. The SMILES string of the molecule is CCn1c(=O)[nH]c2c(Cl)ccc(Cl)c2c1=O. The number of benzene rings is 1. The Kier molecular flexibility index (Phi) is 2.78. The molecule has 0 amide bonds. The number of fused-ring (bicyclic) bond motifs is 1. The average Bonchev–Trinajstić information content (AvgIpc) is 2.24. The summed E-state index contributed by atoms with van der Waals surface area (Å²) in [4.78, 5) is 26.1. The van der Waals surface area contributed by atoms with Crippen LogP contribution in [0.25, 0.3) is 10.9 Å². The van der Waals surface area contributed by atoms with E-state index in [1.54, 1.807) is 6.92 Å². The Balaban J connectivity index is 3.11. The number of aromatic amines is 1. The van der Waals surface area contributed by atoms with Gasteiger partial charge in [-0.2, -0.15) is 0 Å². The van der Waals surface area contributed by atoms with Gasteiger partial charge in [-0.1, -0.05) is 23.2 Å². The predicted octanol–water partition coefficient (Wildman–Crippen LogP) is 2.02. The van der Waals surface area contributed by atoms with Gasteiger partial charge in [0.1, 0.15) is 0 Å². The monoisotopic (exact) mass is 258 g/mol. The first-order chi connectivity index (χ1) is 7.56. The van der Waals surface area contributed by atoms with E-state index in [2.05, 4.69) is 4.98 Å². The van der Waals surface area contributed by atoms with Gasteiger partial charge >= 0.3 is 5.69 Å². The molecular formula is C10H8Cl2N2O2. The van der Waals surface area contributed by atoms with Gasteiger partial charge in [-0.05, 0) is 19.1 Å². The maximum Gasteiger partial charge on any atom is 0.328 e. The second-order valence-electron chi connectivity index (χ2n) is 3.26. The third kappa shape index (κ3) is 1.54. The third-order valence-corrected chi connectivity index (χ3v) is 2.99. The summed E-state index contributed by atoms with van der Waals surface area (Å²) in [5.74, 6) is 0. The van der Waals surface area contributed by atoms with E-state index in [0.29, 0.717) is 5.02 Å². The van der Waals surface area contributed by atoms with Crippen LogP contribution >= 0.6 is 23.2 Å². The van der Waals surface area contributed by atoms with E-state index in [1.165, 1.54) is 12.1 Å². The highest BCUT2D eigenvalue weighted by Gasteiger charge is 2.11. The Morgan fingerprint density at radius 1 is 1.25 bits per heavy atom. The summed E-state index contributed by atoms with van der Waals surface area (Å²) in [6.45, 7) is 1.99. The largest absolute Gasteiger partial charge is 0.328 e. The second kappa shape index (κ2) is 3.96. The van der Waals surface area contributed by atoms with Gasteiger partial charge in [0.15, 0.2) is 0 Å². The molecule has 1 heterocycles. The Bertz CT molecular complexity index is 673. The van der Waals surface area contributed by atoms with Gasteiger partial charge in [0.25, 0.3) is 5.56 Å². The van der Waals surface area contributed by atoms with Gasteiger partial charge in [-0.3, -0.25) is 9.36 Å². The molecule has 0 bridgehead atoms. The van der Waals surface area contributed by atoms with Gasteiger partial charge in [0, 0.05) is 6.54 Å². The molecule has 4 nitrogen and oxygen atoms in total. The first-order valence-corrected chi connectivity index (χ1v) is 5.42. The Morgan fingerprint density at radius 2 is 1.88 bits per heavy atom. The smallest absolute Gasteiger partial charge is 0.305 e. The van der Waals surface area contributed by atoms with Crippen molar-refractivity contribution in [2.75, 3.05) is 0 Å². The lowest BCUT2D eigenvalue weighted by molar-refractivity contribution is 0.684. The summed E-state index contributed by atoms with van der Waals surface area (Å²) >= 11 is 11.8. The van der Waals surface area contributed by atoms with Gasteiger partial charge in [0.05, 0.1) is 20.9 Å². The molecule has 0 fully saturated rings. The van der Waals surface area contributed by atoms with Crippen LogP contribution in [0.2, 0.25) is 10.0 Å². The summed E-state index contributed by atoms with van der Waals surface area (Å²) in [5.41, 5.74) is -0.619. The number of rotatable bonds is 1. The van der Waals surface area contributed by atoms with E-state index < -0.39 is 11.2 Å². The number of hydrogen-bond acceptors (Lipinski definition) is 2. The normalized spacial score (nSPS) is 10.9. The molecule has 0 unspecified atom stereocenters. The van der Waals surface area contributed by atoms with Crippen molar-refractivity contribution in [3.05, 3.63) is 43.0 Å². The van der Waals surface area contributed by atoms with Crippen LogP contribution < -0.4 is 11.2 Å². The van der Waals surface area contributed by atoms with Crippen molar-refractivity contribution in [1.29, 1.82) is 0 Å². The molecule has 0 aliphatic rings. The van der Waals surface area contributed by atoms with E-state index in [1.807, 2.05) is 0 Å². The van der Waals surface area contributed by atoms with E-state index in [9.17, 15) is 9.59 Å². The van der Waals surface area contributed by atoms with E-state index >= 15 is 0 Å². The lowest BCUT2D eigenvalue weighted by Gasteiger charge is -2.05. The quantitative estimate of drug-likeness (QED) is 0.851. The molecule has 0 radical (unpaired) electrons. The molecule has 84 valence electrons. The number of H-pyrrole nitrogens is 1. The second-order valence-corrected chi connectivity index (χ2v) is 4.07. The van der Waals surface area contributed by atoms with Gasteiger partial charge < -0.3 is 4.98 Å². The van der Waals surface area contributed by atoms with Crippen LogP contribution in [0.5, 0.6) is 0 Å². The minimum Gasteiger partial charge on any atom is -0.305 e. The number of nitrogens with zero attached hydrogens (tertiary/aromatic N) is 1. The molecule has 16 heavy (non-hydrogen) atoms. The maximum absolute atomic E-state index is 12.0. The molecule has 0 atom stereocenters. The Labute approximate surface area is 100 Å². The Hall–Kier alpha value is -1.26. The van der Waals surface area contributed by atoms with Crippen LogP contribution in [-0.4, -0.2) is 9.55 Å². The highest BCUT2D eigenvalue weighted by Crippen LogP contribution is 2.24. The van der Waals surface area contributed by atoms with Crippen molar-refractivity contribution in [2.24, 2.45) is 0 Å². The van der Waals surface area contributed by atoms with Gasteiger partial charge in [0.2, 0.25) is 0 Å². The van der Waals surface area contributed by atoms with Crippen molar-refractivity contribution in [1.82, 2.24) is 9.55 Å². The fourth-order valence-corrected chi connectivity index (χ4v) is 2.01. The summed E-state index contributed by atoms with van der Waals surface area (Å²) < 4.78 is 1.07. The highest BCUT2D eigenvalue weighted by molar-refractivity contribution is 6.39. The first kappa shape index (κ1) is 11.2. The minimum absolute atomic E-state index is 0.246. The van der Waals surface area contributed by atoms with Crippen LogP contribution in [0.15, 0.2) is 21.7 Å². The summed E-state index contributed by atoms with van der Waals surface area (Å²) in [5, 5.41) is 0.829. The van der Waals surface area contributed by atoms with Crippen LogP contribution in [0.1, 0.15) is 6.92 Å². The Morgan fingerprint density at radius 3 is 2.50 bits per heavy atom. The van der Waals surface area contributed by atoms with Gasteiger partial charge in [-0.15, -0.1) is 0 Å². The lowest BCUT2D eigenvalue weighted by atomic mass is 10.2. The fraction of sp³-hybridized carbons (Fsp3) is 0.200. The summed E-state index contributed by atoms with van der Waals surface area (Å²) in [6.07, 6.45) is 0. The topological polar surface area (TPSA) is 54.9 Å². The van der Waals surface area contributed by atoms with Crippen molar-refractivity contribution in [3.63, 3.8) is 0 Å². The summed E-state index contributed by atoms with van der Waals surface area (Å²) in [7, 11) is 0. The van der Waals surface area contributed by atoms with Crippen LogP contribution in [0.3, 0.4) is 0 Å².